The minimum absolute atomic E-state index is 0.137. The van der Waals surface area contributed by atoms with Gasteiger partial charge in [0.15, 0.2) is 5.75 Å². The van der Waals surface area contributed by atoms with Crippen LogP contribution in [0.1, 0.15) is 18.9 Å². The van der Waals surface area contributed by atoms with Crippen molar-refractivity contribution in [1.29, 1.82) is 0 Å². The van der Waals surface area contributed by atoms with Crippen molar-refractivity contribution < 1.29 is 5.11 Å². The van der Waals surface area contributed by atoms with E-state index in [1.807, 2.05) is 6.92 Å². The molecule has 1 N–H and O–H groups in total. The second kappa shape index (κ2) is 4.41. The molecule has 0 saturated carbocycles. The van der Waals surface area contributed by atoms with Crippen LogP contribution in [-0.2, 0) is 6.42 Å². The third kappa shape index (κ3) is 2.22. The van der Waals surface area contributed by atoms with Gasteiger partial charge in [0, 0.05) is 0 Å². The Kier molecular flexibility index (Phi) is 3.72. The number of aromatic hydroxyl groups is 1. The summed E-state index contributed by atoms with van der Waals surface area (Å²) < 4.78 is 0. The lowest BCUT2D eigenvalue weighted by molar-refractivity contribution is 0.475. The van der Waals surface area contributed by atoms with Crippen molar-refractivity contribution in [1.82, 2.24) is 0 Å². The molecule has 0 aliphatic heterocycles. The van der Waals surface area contributed by atoms with Gasteiger partial charge >= 0.3 is 0 Å². The first kappa shape index (κ1) is 11.0. The van der Waals surface area contributed by atoms with Crippen LogP contribution in [0.5, 0.6) is 5.75 Å². The van der Waals surface area contributed by atoms with Gasteiger partial charge in [-0.1, -0.05) is 48.1 Å². The van der Waals surface area contributed by atoms with E-state index in [2.05, 4.69) is 0 Å². The number of halogens is 3. The average molecular weight is 240 g/mol. The van der Waals surface area contributed by atoms with Gasteiger partial charge in [-0.15, -0.1) is 0 Å². The van der Waals surface area contributed by atoms with Crippen molar-refractivity contribution >= 4 is 34.8 Å². The number of rotatable bonds is 2. The minimum atomic E-state index is -0.145. The zero-order valence-electron chi connectivity index (χ0n) is 7.07. The molecule has 0 aliphatic carbocycles. The molecule has 0 spiro atoms. The van der Waals surface area contributed by atoms with E-state index in [9.17, 15) is 5.11 Å². The number of benzene rings is 1. The Morgan fingerprint density at radius 1 is 1.23 bits per heavy atom. The molecular formula is C9H9Cl3O. The summed E-state index contributed by atoms with van der Waals surface area (Å²) in [5, 5.41) is 10.1. The minimum Gasteiger partial charge on any atom is -0.505 e. The monoisotopic (exact) mass is 238 g/mol. The molecule has 0 aromatic heterocycles. The summed E-state index contributed by atoms with van der Waals surface area (Å²) in [7, 11) is 0. The number of phenols is 1. The number of phenolic OH excluding ortho intramolecular Hbond substituents is 1. The Hall–Kier alpha value is -0.110. The van der Waals surface area contributed by atoms with E-state index in [0.717, 1.165) is 18.4 Å². The van der Waals surface area contributed by atoms with E-state index < -0.39 is 0 Å². The molecule has 0 amide bonds. The van der Waals surface area contributed by atoms with Crippen molar-refractivity contribution in [2.75, 3.05) is 0 Å². The van der Waals surface area contributed by atoms with E-state index in [1.54, 1.807) is 6.07 Å². The standard InChI is InChI=1S/C9H9Cl3O/c1-2-3-5-4-6(10)9(13)8(12)7(5)11/h4,13H,2-3H2,1H3. The number of aryl methyl sites for hydroxylation is 1. The van der Waals surface area contributed by atoms with Gasteiger partial charge in [-0.25, -0.2) is 0 Å². The van der Waals surface area contributed by atoms with E-state index >= 15 is 0 Å². The highest BCUT2D eigenvalue weighted by Crippen LogP contribution is 2.39. The summed E-state index contributed by atoms with van der Waals surface area (Å²) in [5.74, 6) is -0.145. The lowest BCUT2D eigenvalue weighted by Crippen LogP contribution is -1.87. The Labute approximate surface area is 92.2 Å². The Balaban J connectivity index is 3.24. The van der Waals surface area contributed by atoms with E-state index in [4.69, 9.17) is 34.8 Å². The molecule has 13 heavy (non-hydrogen) atoms. The lowest BCUT2D eigenvalue weighted by atomic mass is 10.1. The van der Waals surface area contributed by atoms with E-state index in [1.165, 1.54) is 0 Å². The van der Waals surface area contributed by atoms with Crippen LogP contribution < -0.4 is 0 Å². The SMILES string of the molecule is CCCc1cc(Cl)c(O)c(Cl)c1Cl. The fourth-order valence-corrected chi connectivity index (χ4v) is 1.82. The summed E-state index contributed by atoms with van der Waals surface area (Å²) in [5.41, 5.74) is 0.872. The molecule has 1 aromatic carbocycles. The third-order valence-electron chi connectivity index (χ3n) is 1.73. The van der Waals surface area contributed by atoms with Crippen molar-refractivity contribution in [2.45, 2.75) is 19.8 Å². The zero-order chi connectivity index (χ0) is 10.0. The molecule has 1 aromatic rings. The lowest BCUT2D eigenvalue weighted by Gasteiger charge is -2.07. The highest BCUT2D eigenvalue weighted by atomic mass is 35.5. The maximum Gasteiger partial charge on any atom is 0.154 e. The topological polar surface area (TPSA) is 20.2 Å². The normalized spacial score (nSPS) is 10.5. The molecule has 1 rings (SSSR count). The van der Waals surface area contributed by atoms with Crippen molar-refractivity contribution in [3.63, 3.8) is 0 Å². The van der Waals surface area contributed by atoms with Crippen LogP contribution in [0.2, 0.25) is 15.1 Å². The van der Waals surface area contributed by atoms with Crippen LogP contribution in [0, 0.1) is 0 Å². The summed E-state index contributed by atoms with van der Waals surface area (Å²) in [4.78, 5) is 0. The first-order valence-electron chi connectivity index (χ1n) is 3.93. The predicted molar refractivity (Wildman–Crippen MR) is 57.1 cm³/mol. The molecule has 1 nitrogen and oxygen atoms in total. The number of hydrogen-bond donors (Lipinski definition) is 1. The van der Waals surface area contributed by atoms with Crippen LogP contribution >= 0.6 is 34.8 Å². The van der Waals surface area contributed by atoms with Gasteiger partial charge in [0.1, 0.15) is 5.02 Å². The van der Waals surface area contributed by atoms with Crippen LogP contribution in [0.15, 0.2) is 6.07 Å². The van der Waals surface area contributed by atoms with E-state index in [0.29, 0.717) is 5.02 Å². The summed E-state index contributed by atoms with van der Waals surface area (Å²) in [6.07, 6.45) is 1.76. The van der Waals surface area contributed by atoms with Gasteiger partial charge in [-0.3, -0.25) is 0 Å². The highest BCUT2D eigenvalue weighted by Gasteiger charge is 2.12. The Morgan fingerprint density at radius 2 is 1.85 bits per heavy atom. The van der Waals surface area contributed by atoms with Crippen LogP contribution in [-0.4, -0.2) is 5.11 Å². The molecule has 0 unspecified atom stereocenters. The van der Waals surface area contributed by atoms with Crippen LogP contribution in [0.4, 0.5) is 0 Å². The quantitative estimate of drug-likeness (QED) is 0.763. The molecule has 0 bridgehead atoms. The van der Waals surface area contributed by atoms with Gasteiger partial charge < -0.3 is 5.11 Å². The highest BCUT2D eigenvalue weighted by molar-refractivity contribution is 6.45. The summed E-state index contributed by atoms with van der Waals surface area (Å²) in [6.45, 7) is 2.03. The molecule has 0 radical (unpaired) electrons. The zero-order valence-corrected chi connectivity index (χ0v) is 9.34. The van der Waals surface area contributed by atoms with Crippen LogP contribution in [0.25, 0.3) is 0 Å². The van der Waals surface area contributed by atoms with Crippen LogP contribution in [0.3, 0.4) is 0 Å². The van der Waals surface area contributed by atoms with Gasteiger partial charge in [0.25, 0.3) is 0 Å². The second-order valence-electron chi connectivity index (χ2n) is 2.74. The summed E-state index contributed by atoms with van der Waals surface area (Å²) >= 11 is 17.4. The van der Waals surface area contributed by atoms with Gasteiger partial charge in [0.05, 0.1) is 10.0 Å². The predicted octanol–water partition coefficient (Wildman–Crippen LogP) is 4.30. The van der Waals surface area contributed by atoms with Crippen molar-refractivity contribution in [3.8, 4) is 5.75 Å². The van der Waals surface area contributed by atoms with E-state index in [-0.39, 0.29) is 15.8 Å². The fourth-order valence-electron chi connectivity index (χ4n) is 1.09. The maximum atomic E-state index is 9.33. The molecule has 0 aliphatic rings. The Bertz CT molecular complexity index is 323. The van der Waals surface area contributed by atoms with Gasteiger partial charge in [-0.05, 0) is 18.1 Å². The second-order valence-corrected chi connectivity index (χ2v) is 3.91. The fraction of sp³-hybridized carbons (Fsp3) is 0.333. The molecule has 0 saturated heterocycles. The summed E-state index contributed by atoms with van der Waals surface area (Å²) in [6, 6.07) is 1.65. The maximum absolute atomic E-state index is 9.33. The van der Waals surface area contributed by atoms with Crippen molar-refractivity contribution in [2.24, 2.45) is 0 Å². The van der Waals surface area contributed by atoms with Gasteiger partial charge in [0.2, 0.25) is 0 Å². The number of hydrogen-bond acceptors (Lipinski definition) is 1. The first-order valence-corrected chi connectivity index (χ1v) is 5.06. The molecular weight excluding hydrogens is 230 g/mol. The molecule has 4 heteroatoms. The largest absolute Gasteiger partial charge is 0.505 e. The molecule has 72 valence electrons. The van der Waals surface area contributed by atoms with Crippen molar-refractivity contribution in [3.05, 3.63) is 26.7 Å². The third-order valence-corrected chi connectivity index (χ3v) is 2.91. The molecule has 0 heterocycles. The average Bonchev–Trinajstić information content (AvgIpc) is 2.11. The molecule has 0 fully saturated rings. The Morgan fingerprint density at radius 3 is 2.38 bits per heavy atom. The van der Waals surface area contributed by atoms with Gasteiger partial charge in [-0.2, -0.15) is 0 Å². The molecule has 0 atom stereocenters. The first-order chi connectivity index (χ1) is 6.07. The smallest absolute Gasteiger partial charge is 0.154 e.